The lowest BCUT2D eigenvalue weighted by molar-refractivity contribution is 0.573. The van der Waals surface area contributed by atoms with Gasteiger partial charge in [0.25, 0.3) is 0 Å². The van der Waals surface area contributed by atoms with E-state index < -0.39 is 10.0 Å². The van der Waals surface area contributed by atoms with Crippen molar-refractivity contribution < 1.29 is 8.42 Å². The summed E-state index contributed by atoms with van der Waals surface area (Å²) in [6.07, 6.45) is 3.41. The summed E-state index contributed by atoms with van der Waals surface area (Å²) in [7, 11) is -3.41. The molecular formula is C14H18N2O2S. The summed E-state index contributed by atoms with van der Waals surface area (Å²) in [4.78, 5) is 0.274. The number of benzene rings is 1. The molecule has 0 spiro atoms. The molecule has 2 unspecified atom stereocenters. The quantitative estimate of drug-likeness (QED) is 0.867. The fourth-order valence-corrected chi connectivity index (χ4v) is 3.54. The van der Waals surface area contributed by atoms with Crippen molar-refractivity contribution in [2.75, 3.05) is 0 Å². The minimum Gasteiger partial charge on any atom is -0.208 e. The van der Waals surface area contributed by atoms with E-state index in [9.17, 15) is 8.42 Å². The normalized spacial score (nSPS) is 21.9. The molecule has 0 aliphatic heterocycles. The first-order valence-corrected chi connectivity index (χ1v) is 8.03. The van der Waals surface area contributed by atoms with Crippen LogP contribution in [-0.2, 0) is 16.4 Å². The third-order valence-electron chi connectivity index (χ3n) is 3.41. The monoisotopic (exact) mass is 278 g/mol. The van der Waals surface area contributed by atoms with Crippen molar-refractivity contribution in [2.24, 2.45) is 5.92 Å². The lowest BCUT2D eigenvalue weighted by Gasteiger charge is -2.06. The molecule has 0 heterocycles. The predicted octanol–water partition coefficient (Wildman–Crippen LogP) is 2.22. The molecule has 1 aromatic rings. The molecular weight excluding hydrogens is 260 g/mol. The molecule has 0 bridgehead atoms. The van der Waals surface area contributed by atoms with Gasteiger partial charge in [-0.05, 0) is 36.5 Å². The highest BCUT2D eigenvalue weighted by molar-refractivity contribution is 7.89. The second-order valence-electron chi connectivity index (χ2n) is 4.99. The van der Waals surface area contributed by atoms with Crippen LogP contribution < -0.4 is 4.72 Å². The second kappa shape index (κ2) is 5.72. The van der Waals surface area contributed by atoms with E-state index in [-0.39, 0.29) is 10.9 Å². The van der Waals surface area contributed by atoms with Crippen LogP contribution in [0.15, 0.2) is 29.2 Å². The van der Waals surface area contributed by atoms with Crippen LogP contribution in [0.25, 0.3) is 0 Å². The van der Waals surface area contributed by atoms with Gasteiger partial charge in [0, 0.05) is 6.04 Å². The number of nitriles is 1. The van der Waals surface area contributed by atoms with Gasteiger partial charge in [-0.1, -0.05) is 25.5 Å². The summed E-state index contributed by atoms with van der Waals surface area (Å²) in [5, 5.41) is 8.58. The number of hydrogen-bond acceptors (Lipinski definition) is 3. The van der Waals surface area contributed by atoms with Crippen molar-refractivity contribution in [3.8, 4) is 6.07 Å². The van der Waals surface area contributed by atoms with E-state index in [2.05, 4.69) is 11.6 Å². The average molecular weight is 278 g/mol. The van der Waals surface area contributed by atoms with Gasteiger partial charge in [-0.3, -0.25) is 0 Å². The Hall–Kier alpha value is -1.38. The summed E-state index contributed by atoms with van der Waals surface area (Å²) in [5.74, 6) is 0.498. The topological polar surface area (TPSA) is 70.0 Å². The van der Waals surface area contributed by atoms with Gasteiger partial charge < -0.3 is 0 Å². The lowest BCUT2D eigenvalue weighted by Crippen LogP contribution is -2.27. The van der Waals surface area contributed by atoms with Gasteiger partial charge in [0.15, 0.2) is 0 Å². The van der Waals surface area contributed by atoms with Crippen LogP contribution in [-0.4, -0.2) is 14.5 Å². The van der Waals surface area contributed by atoms with Crippen LogP contribution in [0.3, 0.4) is 0 Å². The standard InChI is InChI=1S/C14H18N2O2S/c1-2-3-12-10-14(12)16-19(17,18)13-6-4-11(5-7-13)8-9-15/h4-7,12,14,16H,2-3,8,10H2,1H3. The van der Waals surface area contributed by atoms with Gasteiger partial charge in [0.05, 0.1) is 17.4 Å². The van der Waals surface area contributed by atoms with E-state index in [1.165, 1.54) is 0 Å². The first-order chi connectivity index (χ1) is 9.06. The van der Waals surface area contributed by atoms with E-state index >= 15 is 0 Å². The molecule has 1 aromatic carbocycles. The summed E-state index contributed by atoms with van der Waals surface area (Å²) in [5.41, 5.74) is 0.830. The lowest BCUT2D eigenvalue weighted by atomic mass is 10.2. The Morgan fingerprint density at radius 3 is 2.63 bits per heavy atom. The highest BCUT2D eigenvalue weighted by Crippen LogP contribution is 2.35. The summed E-state index contributed by atoms with van der Waals surface area (Å²) >= 11 is 0. The number of nitrogens with one attached hydrogen (secondary N) is 1. The van der Waals surface area contributed by atoms with Crippen molar-refractivity contribution in [3.63, 3.8) is 0 Å². The van der Waals surface area contributed by atoms with Gasteiger partial charge in [0.2, 0.25) is 10.0 Å². The van der Waals surface area contributed by atoms with Crippen molar-refractivity contribution in [1.29, 1.82) is 5.26 Å². The first-order valence-electron chi connectivity index (χ1n) is 6.55. The minimum absolute atomic E-state index is 0.101. The summed E-state index contributed by atoms with van der Waals surface area (Å²) < 4.78 is 27.0. The third kappa shape index (κ3) is 3.55. The number of nitrogens with zero attached hydrogens (tertiary/aromatic N) is 1. The molecule has 1 aliphatic rings. The summed E-state index contributed by atoms with van der Waals surface area (Å²) in [6.45, 7) is 2.11. The molecule has 4 nitrogen and oxygen atoms in total. The molecule has 0 amide bonds. The van der Waals surface area contributed by atoms with Gasteiger partial charge in [-0.2, -0.15) is 5.26 Å². The third-order valence-corrected chi connectivity index (χ3v) is 4.91. The Balaban J connectivity index is 2.02. The molecule has 2 atom stereocenters. The molecule has 1 fully saturated rings. The molecule has 0 saturated heterocycles. The number of hydrogen-bond donors (Lipinski definition) is 1. The molecule has 0 aromatic heterocycles. The summed E-state index contributed by atoms with van der Waals surface area (Å²) in [6, 6.07) is 8.64. The Kier molecular flexibility index (Phi) is 4.23. The van der Waals surface area contributed by atoms with Gasteiger partial charge in [0.1, 0.15) is 0 Å². The predicted molar refractivity (Wildman–Crippen MR) is 72.9 cm³/mol. The molecule has 5 heteroatoms. The molecule has 1 aliphatic carbocycles. The number of sulfonamides is 1. The maximum atomic E-state index is 12.1. The van der Waals surface area contributed by atoms with E-state index in [0.29, 0.717) is 12.3 Å². The molecule has 19 heavy (non-hydrogen) atoms. The SMILES string of the molecule is CCCC1CC1NS(=O)(=O)c1ccc(CC#N)cc1. The van der Waals surface area contributed by atoms with Gasteiger partial charge in [-0.15, -0.1) is 0 Å². The number of rotatable bonds is 6. The Morgan fingerprint density at radius 2 is 2.05 bits per heavy atom. The second-order valence-corrected chi connectivity index (χ2v) is 6.71. The first kappa shape index (κ1) is 14.0. The molecule has 1 N–H and O–H groups in total. The Bertz CT molecular complexity index is 572. The fraction of sp³-hybridized carbons (Fsp3) is 0.500. The highest BCUT2D eigenvalue weighted by atomic mass is 32.2. The van der Waals surface area contributed by atoms with Crippen LogP contribution >= 0.6 is 0 Å². The van der Waals surface area contributed by atoms with Gasteiger partial charge >= 0.3 is 0 Å². The van der Waals surface area contributed by atoms with Crippen LogP contribution in [0.4, 0.5) is 0 Å². The van der Waals surface area contributed by atoms with Crippen LogP contribution in [0.1, 0.15) is 31.7 Å². The van der Waals surface area contributed by atoms with E-state index in [4.69, 9.17) is 5.26 Å². The smallest absolute Gasteiger partial charge is 0.208 e. The van der Waals surface area contributed by atoms with E-state index in [1.807, 2.05) is 6.07 Å². The molecule has 1 saturated carbocycles. The molecule has 2 rings (SSSR count). The van der Waals surface area contributed by atoms with Crippen molar-refractivity contribution in [3.05, 3.63) is 29.8 Å². The van der Waals surface area contributed by atoms with Gasteiger partial charge in [-0.25, -0.2) is 13.1 Å². The van der Waals surface area contributed by atoms with E-state index in [0.717, 1.165) is 24.8 Å². The zero-order valence-electron chi connectivity index (χ0n) is 11.0. The maximum absolute atomic E-state index is 12.1. The van der Waals surface area contributed by atoms with Crippen LogP contribution in [0.2, 0.25) is 0 Å². The molecule has 0 radical (unpaired) electrons. The largest absolute Gasteiger partial charge is 0.240 e. The van der Waals surface area contributed by atoms with Crippen LogP contribution in [0.5, 0.6) is 0 Å². The van der Waals surface area contributed by atoms with Crippen molar-refractivity contribution in [1.82, 2.24) is 4.72 Å². The van der Waals surface area contributed by atoms with Crippen molar-refractivity contribution >= 4 is 10.0 Å². The van der Waals surface area contributed by atoms with Crippen molar-refractivity contribution in [2.45, 2.75) is 43.5 Å². The Labute approximate surface area is 114 Å². The Morgan fingerprint density at radius 1 is 1.37 bits per heavy atom. The maximum Gasteiger partial charge on any atom is 0.240 e. The fourth-order valence-electron chi connectivity index (χ4n) is 2.23. The van der Waals surface area contributed by atoms with Crippen LogP contribution in [0, 0.1) is 17.2 Å². The zero-order chi connectivity index (χ0) is 13.9. The van der Waals surface area contributed by atoms with E-state index in [1.54, 1.807) is 24.3 Å². The highest BCUT2D eigenvalue weighted by Gasteiger charge is 2.39. The zero-order valence-corrected chi connectivity index (χ0v) is 11.8. The molecule has 102 valence electrons. The minimum atomic E-state index is -3.41. The average Bonchev–Trinajstić information content (AvgIpc) is 3.08.